The third kappa shape index (κ3) is 4.37. The standard InChI is InChI=1S/C21H34N4O4/c1-3-29-20(28)25-6-4-24(5-7-25)14(2)18(26)22-19(27)23-21-11-15-8-16(12-21)10-17(9-15)13-21/h14-17H,3-13H2,1-2H3,(H2,22,23,26,27)/t14-,15?,16?,17?,21?/m0/s1. The van der Waals surface area contributed by atoms with Crippen molar-refractivity contribution in [2.75, 3.05) is 32.8 Å². The highest BCUT2D eigenvalue weighted by atomic mass is 16.6. The van der Waals surface area contributed by atoms with Gasteiger partial charge in [0.2, 0.25) is 5.91 Å². The number of nitrogens with one attached hydrogen (secondary N) is 2. The van der Waals surface area contributed by atoms with E-state index < -0.39 is 6.04 Å². The molecule has 0 radical (unpaired) electrons. The molecule has 5 fully saturated rings. The maximum Gasteiger partial charge on any atom is 0.409 e. The molecule has 1 heterocycles. The van der Waals surface area contributed by atoms with Crippen molar-refractivity contribution in [1.82, 2.24) is 20.4 Å². The first-order valence-corrected chi connectivity index (χ1v) is 11.2. The second-order valence-electron chi connectivity index (χ2n) is 9.54. The highest BCUT2D eigenvalue weighted by Crippen LogP contribution is 2.55. The van der Waals surface area contributed by atoms with E-state index in [1.54, 1.807) is 11.8 Å². The first-order valence-electron chi connectivity index (χ1n) is 11.2. The van der Waals surface area contributed by atoms with Crippen LogP contribution in [0.15, 0.2) is 0 Å². The number of rotatable bonds is 4. The zero-order valence-electron chi connectivity index (χ0n) is 17.6. The Hall–Kier alpha value is -1.83. The van der Waals surface area contributed by atoms with Gasteiger partial charge in [-0.1, -0.05) is 0 Å². The molecule has 162 valence electrons. The number of urea groups is 1. The van der Waals surface area contributed by atoms with E-state index in [0.717, 1.165) is 37.0 Å². The van der Waals surface area contributed by atoms with E-state index in [-0.39, 0.29) is 23.6 Å². The van der Waals surface area contributed by atoms with Gasteiger partial charge in [-0.05, 0) is 70.1 Å². The Bertz CT molecular complexity index is 624. The van der Waals surface area contributed by atoms with Gasteiger partial charge in [-0.25, -0.2) is 9.59 Å². The predicted molar refractivity (Wildman–Crippen MR) is 107 cm³/mol. The van der Waals surface area contributed by atoms with Gasteiger partial charge in [-0.3, -0.25) is 15.0 Å². The van der Waals surface area contributed by atoms with Gasteiger partial charge in [0, 0.05) is 31.7 Å². The number of amides is 4. The number of carbonyl (C=O) groups excluding carboxylic acids is 3. The molecule has 1 aliphatic heterocycles. The monoisotopic (exact) mass is 406 g/mol. The molecule has 0 aromatic heterocycles. The highest BCUT2D eigenvalue weighted by molar-refractivity contribution is 5.97. The zero-order valence-corrected chi connectivity index (χ0v) is 17.6. The van der Waals surface area contributed by atoms with E-state index in [4.69, 9.17) is 4.74 Å². The Labute approximate surface area is 172 Å². The Morgan fingerprint density at radius 1 is 1.00 bits per heavy atom. The average Bonchev–Trinajstić information content (AvgIpc) is 2.66. The molecule has 4 amide bonds. The molecule has 0 aromatic rings. The summed E-state index contributed by atoms with van der Waals surface area (Å²) in [5.41, 5.74) is -0.104. The Kier molecular flexibility index (Phi) is 5.73. The summed E-state index contributed by atoms with van der Waals surface area (Å²) in [5.74, 6) is 1.95. The van der Waals surface area contributed by atoms with Gasteiger partial charge in [0.15, 0.2) is 0 Å². The minimum absolute atomic E-state index is 0.104. The van der Waals surface area contributed by atoms with Crippen molar-refractivity contribution < 1.29 is 19.1 Å². The maximum atomic E-state index is 12.6. The first-order chi connectivity index (χ1) is 13.9. The molecule has 4 bridgehead atoms. The van der Waals surface area contributed by atoms with Crippen molar-refractivity contribution in [2.45, 2.75) is 64.0 Å². The molecule has 5 aliphatic rings. The smallest absolute Gasteiger partial charge is 0.409 e. The normalized spacial score (nSPS) is 34.6. The van der Waals surface area contributed by atoms with Crippen LogP contribution in [0, 0.1) is 17.8 Å². The fourth-order valence-corrected chi connectivity index (χ4v) is 6.42. The van der Waals surface area contributed by atoms with Crippen LogP contribution in [0.25, 0.3) is 0 Å². The number of ether oxygens (including phenoxy) is 1. The van der Waals surface area contributed by atoms with Gasteiger partial charge in [0.1, 0.15) is 0 Å². The van der Waals surface area contributed by atoms with Crippen LogP contribution in [0.3, 0.4) is 0 Å². The van der Waals surface area contributed by atoms with Crippen molar-refractivity contribution in [3.8, 4) is 0 Å². The Morgan fingerprint density at radius 3 is 2.07 bits per heavy atom. The topological polar surface area (TPSA) is 91.0 Å². The van der Waals surface area contributed by atoms with Crippen LogP contribution in [0.2, 0.25) is 0 Å². The average molecular weight is 407 g/mol. The molecule has 0 spiro atoms. The lowest BCUT2D eigenvalue weighted by atomic mass is 9.53. The van der Waals surface area contributed by atoms with Crippen molar-refractivity contribution in [3.63, 3.8) is 0 Å². The molecular formula is C21H34N4O4. The number of hydrogen-bond acceptors (Lipinski definition) is 5. The molecule has 4 saturated carbocycles. The van der Waals surface area contributed by atoms with E-state index >= 15 is 0 Å². The molecular weight excluding hydrogens is 372 g/mol. The third-order valence-corrected chi connectivity index (χ3v) is 7.42. The molecule has 5 rings (SSSR count). The molecule has 2 N–H and O–H groups in total. The molecule has 0 aromatic carbocycles. The summed E-state index contributed by atoms with van der Waals surface area (Å²) in [7, 11) is 0. The van der Waals surface area contributed by atoms with Crippen LogP contribution in [0.1, 0.15) is 52.4 Å². The lowest BCUT2D eigenvalue weighted by molar-refractivity contribution is -0.125. The first kappa shape index (κ1) is 20.4. The van der Waals surface area contributed by atoms with Crippen LogP contribution < -0.4 is 10.6 Å². The van der Waals surface area contributed by atoms with E-state index in [1.165, 1.54) is 19.3 Å². The largest absolute Gasteiger partial charge is 0.450 e. The summed E-state index contributed by atoms with van der Waals surface area (Å²) in [6.07, 6.45) is 6.83. The number of hydrogen-bond donors (Lipinski definition) is 2. The van der Waals surface area contributed by atoms with E-state index in [2.05, 4.69) is 10.6 Å². The minimum atomic E-state index is -0.415. The number of imide groups is 1. The quantitative estimate of drug-likeness (QED) is 0.745. The fourth-order valence-electron chi connectivity index (χ4n) is 6.42. The third-order valence-electron chi connectivity index (χ3n) is 7.42. The van der Waals surface area contributed by atoms with Crippen LogP contribution in [-0.4, -0.2) is 72.2 Å². The molecule has 1 atom stereocenters. The van der Waals surface area contributed by atoms with Crippen molar-refractivity contribution in [3.05, 3.63) is 0 Å². The lowest BCUT2D eigenvalue weighted by Crippen LogP contribution is -2.63. The highest BCUT2D eigenvalue weighted by Gasteiger charge is 2.51. The van der Waals surface area contributed by atoms with Crippen LogP contribution >= 0.6 is 0 Å². The van der Waals surface area contributed by atoms with Crippen molar-refractivity contribution >= 4 is 18.0 Å². The molecule has 1 saturated heterocycles. The van der Waals surface area contributed by atoms with Gasteiger partial charge in [-0.15, -0.1) is 0 Å². The van der Waals surface area contributed by atoms with Crippen LogP contribution in [0.4, 0.5) is 9.59 Å². The van der Waals surface area contributed by atoms with Gasteiger partial charge in [-0.2, -0.15) is 0 Å². The van der Waals surface area contributed by atoms with E-state index in [1.807, 2.05) is 11.8 Å². The van der Waals surface area contributed by atoms with Gasteiger partial charge < -0.3 is 15.0 Å². The zero-order chi connectivity index (χ0) is 20.6. The predicted octanol–water partition coefficient (Wildman–Crippen LogP) is 1.94. The maximum absolute atomic E-state index is 12.6. The fraction of sp³-hybridized carbons (Fsp3) is 0.857. The van der Waals surface area contributed by atoms with Gasteiger partial charge in [0.05, 0.1) is 12.6 Å². The minimum Gasteiger partial charge on any atom is -0.450 e. The SMILES string of the molecule is CCOC(=O)N1CCN([C@@H](C)C(=O)NC(=O)NC23CC4CC(CC(C4)C2)C3)CC1. The molecule has 29 heavy (non-hydrogen) atoms. The second-order valence-corrected chi connectivity index (χ2v) is 9.54. The van der Waals surface area contributed by atoms with Crippen LogP contribution in [0.5, 0.6) is 0 Å². The summed E-state index contributed by atoms with van der Waals surface area (Å²) in [4.78, 5) is 40.7. The van der Waals surface area contributed by atoms with Crippen molar-refractivity contribution in [1.29, 1.82) is 0 Å². The molecule has 4 aliphatic carbocycles. The lowest BCUT2D eigenvalue weighted by Gasteiger charge is -2.56. The molecule has 8 nitrogen and oxygen atoms in total. The van der Waals surface area contributed by atoms with Gasteiger partial charge >= 0.3 is 12.1 Å². The van der Waals surface area contributed by atoms with Crippen LogP contribution in [-0.2, 0) is 9.53 Å². The summed E-state index contributed by atoms with van der Waals surface area (Å²) in [6, 6.07) is -0.768. The number of piperazine rings is 1. The molecule has 0 unspecified atom stereocenters. The summed E-state index contributed by atoms with van der Waals surface area (Å²) in [5, 5.41) is 5.76. The summed E-state index contributed by atoms with van der Waals surface area (Å²) in [6.45, 7) is 6.18. The second kappa shape index (κ2) is 8.13. The number of carbonyl (C=O) groups is 3. The summed E-state index contributed by atoms with van der Waals surface area (Å²) < 4.78 is 5.03. The number of nitrogens with zero attached hydrogens (tertiary/aromatic N) is 2. The van der Waals surface area contributed by atoms with E-state index in [9.17, 15) is 14.4 Å². The Morgan fingerprint density at radius 2 is 1.55 bits per heavy atom. The molecule has 8 heteroatoms. The van der Waals surface area contributed by atoms with Crippen molar-refractivity contribution in [2.24, 2.45) is 17.8 Å². The van der Waals surface area contributed by atoms with E-state index in [0.29, 0.717) is 32.8 Å². The van der Waals surface area contributed by atoms with Gasteiger partial charge in [0.25, 0.3) is 0 Å². The summed E-state index contributed by atoms with van der Waals surface area (Å²) >= 11 is 0. The Balaban J connectivity index is 1.25.